The Morgan fingerprint density at radius 3 is 2.08 bits per heavy atom. The molecule has 2 N–H and O–H groups in total. The fourth-order valence-corrected chi connectivity index (χ4v) is 0.964. The number of benzene rings is 1. The zero-order valence-corrected chi connectivity index (χ0v) is 6.27. The predicted molar refractivity (Wildman–Crippen MR) is 57.4 cm³/mol. The summed E-state index contributed by atoms with van der Waals surface area (Å²) in [5.41, 5.74) is 0.863. The van der Waals surface area contributed by atoms with E-state index in [9.17, 15) is 5.11 Å². The van der Waals surface area contributed by atoms with E-state index in [-0.39, 0.29) is 44.3 Å². The first-order chi connectivity index (χ1) is 5.34. The van der Waals surface area contributed by atoms with E-state index in [1.54, 1.807) is 0 Å². The van der Waals surface area contributed by atoms with Gasteiger partial charge in [0.05, 0.1) is 6.10 Å². The van der Waals surface area contributed by atoms with Crippen LogP contribution in [0.2, 0.25) is 0 Å². The zero-order valence-electron chi connectivity index (χ0n) is 6.27. The van der Waals surface area contributed by atoms with Crippen molar-refractivity contribution in [1.82, 2.24) is 0 Å². The Hall–Kier alpha value is 0.335. The van der Waals surface area contributed by atoms with Crippen LogP contribution in [0.5, 0.6) is 0 Å². The van der Waals surface area contributed by atoms with Gasteiger partial charge in [0, 0.05) is 13.0 Å². The second-order valence-corrected chi connectivity index (χ2v) is 2.44. The first-order valence-electron chi connectivity index (χ1n) is 3.68. The zero-order chi connectivity index (χ0) is 8.10. The molecule has 1 atom stereocenters. The first kappa shape index (κ1) is 15.8. The minimum absolute atomic E-state index is 0. The topological polar surface area (TPSA) is 40.5 Å². The van der Waals surface area contributed by atoms with Crippen LogP contribution in [0, 0.1) is 0 Å². The Morgan fingerprint density at radius 2 is 1.62 bits per heavy atom. The summed E-state index contributed by atoms with van der Waals surface area (Å²) in [6.07, 6.45) is -0.120. The molecular formula is C9H14Li2O2. The second-order valence-electron chi connectivity index (χ2n) is 2.44. The number of aliphatic hydroxyl groups is 2. The maximum absolute atomic E-state index is 9.36. The summed E-state index contributed by atoms with van der Waals surface area (Å²) in [5.74, 6) is 0. The molecule has 0 spiro atoms. The molecule has 0 aromatic heterocycles. The van der Waals surface area contributed by atoms with Crippen molar-refractivity contribution < 1.29 is 10.2 Å². The summed E-state index contributed by atoms with van der Waals surface area (Å²) in [4.78, 5) is 0. The monoisotopic (exact) mass is 168 g/mol. The fraction of sp³-hybridized carbons (Fsp3) is 0.333. The Bertz CT molecular complexity index is 204. The molecule has 0 bridgehead atoms. The molecule has 0 aliphatic carbocycles. The summed E-state index contributed by atoms with van der Waals surface area (Å²) in [6.45, 7) is 0.0239. The SMILES string of the molecule is OCCC(O)c1ccccc1.[LiH].[LiH]. The third-order valence-electron chi connectivity index (χ3n) is 1.59. The Kier molecular flexibility index (Phi) is 10.8. The molecule has 0 radical (unpaired) electrons. The average Bonchev–Trinajstić information content (AvgIpc) is 2.07. The van der Waals surface area contributed by atoms with Crippen LogP contribution in [0.3, 0.4) is 0 Å². The van der Waals surface area contributed by atoms with Gasteiger partial charge in [0.1, 0.15) is 0 Å². The van der Waals surface area contributed by atoms with Crippen LogP contribution in [-0.4, -0.2) is 54.5 Å². The molecule has 0 aliphatic heterocycles. The third-order valence-corrected chi connectivity index (χ3v) is 1.59. The van der Waals surface area contributed by atoms with E-state index >= 15 is 0 Å². The molecular weight excluding hydrogens is 154 g/mol. The van der Waals surface area contributed by atoms with Crippen LogP contribution in [0.1, 0.15) is 18.1 Å². The number of aliphatic hydroxyl groups excluding tert-OH is 2. The molecule has 0 aliphatic rings. The summed E-state index contributed by atoms with van der Waals surface area (Å²) >= 11 is 0. The van der Waals surface area contributed by atoms with Gasteiger partial charge in [-0.15, -0.1) is 0 Å². The molecule has 1 unspecified atom stereocenters. The Labute approximate surface area is 103 Å². The molecule has 1 aromatic rings. The summed E-state index contributed by atoms with van der Waals surface area (Å²) in [6, 6.07) is 9.33. The van der Waals surface area contributed by atoms with Gasteiger partial charge in [0.15, 0.2) is 0 Å². The van der Waals surface area contributed by atoms with Crippen LogP contribution < -0.4 is 0 Å². The van der Waals surface area contributed by atoms with Crippen LogP contribution in [0.15, 0.2) is 30.3 Å². The molecule has 0 saturated carbocycles. The molecule has 4 heteroatoms. The van der Waals surface area contributed by atoms with Crippen molar-refractivity contribution in [2.24, 2.45) is 0 Å². The van der Waals surface area contributed by atoms with E-state index in [4.69, 9.17) is 5.11 Å². The van der Waals surface area contributed by atoms with Crippen molar-refractivity contribution in [2.45, 2.75) is 12.5 Å². The van der Waals surface area contributed by atoms with Gasteiger partial charge in [0.2, 0.25) is 0 Å². The summed E-state index contributed by atoms with van der Waals surface area (Å²) in [5, 5.41) is 17.9. The molecule has 0 heterocycles. The van der Waals surface area contributed by atoms with E-state index in [0.717, 1.165) is 5.56 Å². The van der Waals surface area contributed by atoms with E-state index in [2.05, 4.69) is 0 Å². The van der Waals surface area contributed by atoms with E-state index < -0.39 is 6.10 Å². The van der Waals surface area contributed by atoms with Gasteiger partial charge in [-0.1, -0.05) is 30.3 Å². The molecule has 2 nitrogen and oxygen atoms in total. The minimum atomic E-state index is -0.527. The molecule has 0 saturated heterocycles. The molecule has 64 valence electrons. The van der Waals surface area contributed by atoms with Gasteiger partial charge >= 0.3 is 37.7 Å². The van der Waals surface area contributed by atoms with Gasteiger partial charge in [-0.05, 0) is 5.56 Å². The van der Waals surface area contributed by atoms with Crippen LogP contribution in [0.25, 0.3) is 0 Å². The third kappa shape index (κ3) is 5.60. The number of hydrogen-bond acceptors (Lipinski definition) is 2. The second kappa shape index (κ2) is 8.91. The number of rotatable bonds is 3. The van der Waals surface area contributed by atoms with E-state index in [0.29, 0.717) is 6.42 Å². The standard InChI is InChI=1S/C9H12O2.2Li.2H/c10-7-6-9(11)8-4-2-1-3-5-8;;;;/h1-5,9-11H,6-7H2;;;;. The molecule has 13 heavy (non-hydrogen) atoms. The van der Waals surface area contributed by atoms with Crippen molar-refractivity contribution in [3.8, 4) is 0 Å². The first-order valence-corrected chi connectivity index (χ1v) is 3.68. The molecule has 0 amide bonds. The van der Waals surface area contributed by atoms with Gasteiger partial charge in [-0.3, -0.25) is 0 Å². The number of hydrogen-bond donors (Lipinski definition) is 2. The van der Waals surface area contributed by atoms with Crippen LogP contribution in [0.4, 0.5) is 0 Å². The van der Waals surface area contributed by atoms with E-state index in [1.807, 2.05) is 30.3 Å². The fourth-order valence-electron chi connectivity index (χ4n) is 0.964. The molecule has 1 aromatic carbocycles. The van der Waals surface area contributed by atoms with Gasteiger partial charge in [-0.2, -0.15) is 0 Å². The van der Waals surface area contributed by atoms with Crippen molar-refractivity contribution in [3.05, 3.63) is 35.9 Å². The normalized spacial score (nSPS) is 10.9. The quantitative estimate of drug-likeness (QED) is 0.614. The van der Waals surface area contributed by atoms with Crippen molar-refractivity contribution in [1.29, 1.82) is 0 Å². The van der Waals surface area contributed by atoms with Crippen LogP contribution in [-0.2, 0) is 0 Å². The van der Waals surface area contributed by atoms with E-state index in [1.165, 1.54) is 0 Å². The Balaban J connectivity index is 0. The Morgan fingerprint density at radius 1 is 1.08 bits per heavy atom. The van der Waals surface area contributed by atoms with Crippen LogP contribution >= 0.6 is 0 Å². The molecule has 1 rings (SSSR count). The van der Waals surface area contributed by atoms with Crippen molar-refractivity contribution in [3.63, 3.8) is 0 Å². The maximum atomic E-state index is 9.36. The van der Waals surface area contributed by atoms with Gasteiger partial charge in [0.25, 0.3) is 0 Å². The average molecular weight is 168 g/mol. The van der Waals surface area contributed by atoms with Crippen molar-refractivity contribution >= 4 is 37.7 Å². The van der Waals surface area contributed by atoms with Crippen molar-refractivity contribution in [2.75, 3.05) is 6.61 Å². The van der Waals surface area contributed by atoms with Gasteiger partial charge in [-0.25, -0.2) is 0 Å². The summed E-state index contributed by atoms with van der Waals surface area (Å²) in [7, 11) is 0. The predicted octanol–water partition coefficient (Wildman–Crippen LogP) is -0.195. The summed E-state index contributed by atoms with van der Waals surface area (Å²) < 4.78 is 0. The van der Waals surface area contributed by atoms with Gasteiger partial charge < -0.3 is 10.2 Å². The molecule has 0 fully saturated rings.